The summed E-state index contributed by atoms with van der Waals surface area (Å²) in [6, 6.07) is 16.7. The van der Waals surface area contributed by atoms with Crippen molar-refractivity contribution in [1.29, 1.82) is 0 Å². The average molecular weight is 288 g/mol. The number of benzene rings is 2. The maximum absolute atomic E-state index is 12.3. The van der Waals surface area contributed by atoms with E-state index < -0.39 is 5.92 Å². The molecule has 0 saturated heterocycles. The van der Waals surface area contributed by atoms with Crippen molar-refractivity contribution in [3.05, 3.63) is 71.4 Å². The fraction of sp³-hybridized carbons (Fsp3) is 0.0556. The summed E-state index contributed by atoms with van der Waals surface area (Å²) in [5, 5.41) is 3.66. The lowest BCUT2D eigenvalue weighted by Crippen LogP contribution is -2.15. The van der Waals surface area contributed by atoms with Crippen molar-refractivity contribution in [1.82, 2.24) is 4.98 Å². The van der Waals surface area contributed by atoms with Gasteiger partial charge >= 0.3 is 0 Å². The molecule has 0 saturated carbocycles. The molecule has 4 heteroatoms. The third kappa shape index (κ3) is 1.81. The number of hydrogen-bond acceptors (Lipinski definition) is 3. The van der Waals surface area contributed by atoms with Crippen molar-refractivity contribution in [3.8, 4) is 0 Å². The maximum atomic E-state index is 12.3. The summed E-state index contributed by atoms with van der Waals surface area (Å²) < 4.78 is 0. The molecule has 1 unspecified atom stereocenters. The van der Waals surface area contributed by atoms with Crippen LogP contribution in [0.5, 0.6) is 0 Å². The van der Waals surface area contributed by atoms with Gasteiger partial charge in [0.25, 0.3) is 0 Å². The Morgan fingerprint density at radius 3 is 2.68 bits per heavy atom. The lowest BCUT2D eigenvalue weighted by Gasteiger charge is -2.11. The van der Waals surface area contributed by atoms with Gasteiger partial charge in [0.05, 0.1) is 11.2 Å². The zero-order valence-corrected chi connectivity index (χ0v) is 11.6. The first-order valence-corrected chi connectivity index (χ1v) is 7.02. The molecule has 1 aliphatic heterocycles. The van der Waals surface area contributed by atoms with Gasteiger partial charge in [-0.2, -0.15) is 0 Å². The Labute approximate surface area is 126 Å². The molecule has 4 rings (SSSR count). The second kappa shape index (κ2) is 4.77. The molecule has 1 atom stereocenters. The Balaban J connectivity index is 1.95. The highest BCUT2D eigenvalue weighted by atomic mass is 16.2. The highest BCUT2D eigenvalue weighted by molar-refractivity contribution is 6.05. The van der Waals surface area contributed by atoms with E-state index in [9.17, 15) is 9.59 Å². The van der Waals surface area contributed by atoms with E-state index in [1.165, 1.54) is 0 Å². The molecule has 0 spiro atoms. The lowest BCUT2D eigenvalue weighted by molar-refractivity contribution is -0.116. The standard InChI is InChI=1S/C18H12N2O2/c21-10-11-9-16(19-14-7-3-1-5-12(11)14)17-13-6-2-4-8-15(13)20-18(17)22/h1-10,17H,(H,20,22). The molecule has 0 aliphatic carbocycles. The number of rotatable bonds is 2. The van der Waals surface area contributed by atoms with E-state index in [0.29, 0.717) is 11.3 Å². The number of pyridine rings is 1. The van der Waals surface area contributed by atoms with Crippen LogP contribution in [0.1, 0.15) is 27.5 Å². The zero-order chi connectivity index (χ0) is 15.1. The molecule has 1 N–H and O–H groups in total. The third-order valence-electron chi connectivity index (χ3n) is 3.98. The van der Waals surface area contributed by atoms with Crippen LogP contribution in [-0.2, 0) is 4.79 Å². The minimum atomic E-state index is -0.473. The number of carbonyl (C=O) groups is 2. The van der Waals surface area contributed by atoms with Crippen LogP contribution in [0.2, 0.25) is 0 Å². The molecular formula is C18H12N2O2. The molecule has 0 fully saturated rings. The van der Waals surface area contributed by atoms with E-state index in [1.54, 1.807) is 6.07 Å². The van der Waals surface area contributed by atoms with E-state index in [4.69, 9.17) is 0 Å². The molecule has 1 amide bonds. The molecular weight excluding hydrogens is 276 g/mol. The van der Waals surface area contributed by atoms with Gasteiger partial charge in [-0.05, 0) is 23.8 Å². The van der Waals surface area contributed by atoms with Crippen molar-refractivity contribution < 1.29 is 9.59 Å². The number of aldehydes is 1. The highest BCUT2D eigenvalue weighted by Gasteiger charge is 2.33. The van der Waals surface area contributed by atoms with Gasteiger partial charge < -0.3 is 5.32 Å². The van der Waals surface area contributed by atoms with Gasteiger partial charge in [-0.3, -0.25) is 14.6 Å². The van der Waals surface area contributed by atoms with Gasteiger partial charge in [0.2, 0.25) is 5.91 Å². The zero-order valence-electron chi connectivity index (χ0n) is 11.6. The Kier molecular flexibility index (Phi) is 2.76. The molecule has 3 aromatic rings. The van der Waals surface area contributed by atoms with Gasteiger partial charge in [-0.15, -0.1) is 0 Å². The Morgan fingerprint density at radius 1 is 1.05 bits per heavy atom. The minimum Gasteiger partial charge on any atom is -0.325 e. The van der Waals surface area contributed by atoms with Crippen LogP contribution in [0.3, 0.4) is 0 Å². The summed E-state index contributed by atoms with van der Waals surface area (Å²) in [4.78, 5) is 28.3. The summed E-state index contributed by atoms with van der Waals surface area (Å²) in [7, 11) is 0. The fourth-order valence-corrected chi connectivity index (χ4v) is 2.97. The van der Waals surface area contributed by atoms with E-state index in [1.807, 2.05) is 48.5 Å². The second-order valence-electron chi connectivity index (χ2n) is 5.28. The second-order valence-corrected chi connectivity index (χ2v) is 5.28. The van der Waals surface area contributed by atoms with Crippen LogP contribution in [0.4, 0.5) is 5.69 Å². The third-order valence-corrected chi connectivity index (χ3v) is 3.98. The van der Waals surface area contributed by atoms with Crippen LogP contribution in [0.15, 0.2) is 54.6 Å². The van der Waals surface area contributed by atoms with Gasteiger partial charge in [-0.25, -0.2) is 0 Å². The lowest BCUT2D eigenvalue weighted by atomic mass is 9.95. The Hall–Kier alpha value is -3.01. The topological polar surface area (TPSA) is 59.1 Å². The van der Waals surface area contributed by atoms with E-state index in [2.05, 4.69) is 10.3 Å². The maximum Gasteiger partial charge on any atom is 0.238 e. The minimum absolute atomic E-state index is 0.110. The number of aromatic nitrogens is 1. The Bertz CT molecular complexity index is 918. The molecule has 0 bridgehead atoms. The summed E-state index contributed by atoms with van der Waals surface area (Å²) in [5.74, 6) is -0.583. The molecule has 4 nitrogen and oxygen atoms in total. The molecule has 2 aromatic carbocycles. The predicted molar refractivity (Wildman–Crippen MR) is 84.0 cm³/mol. The largest absolute Gasteiger partial charge is 0.325 e. The van der Waals surface area contributed by atoms with Crippen molar-refractivity contribution in [2.24, 2.45) is 0 Å². The van der Waals surface area contributed by atoms with Gasteiger partial charge in [0.15, 0.2) is 6.29 Å². The van der Waals surface area contributed by atoms with Crippen molar-refractivity contribution in [3.63, 3.8) is 0 Å². The SMILES string of the molecule is O=Cc1cc(C2C(=O)Nc3ccccc32)nc2ccccc12. The van der Waals surface area contributed by atoms with E-state index in [0.717, 1.165) is 28.4 Å². The number of nitrogens with zero attached hydrogens (tertiary/aromatic N) is 1. The van der Waals surface area contributed by atoms with Crippen molar-refractivity contribution in [2.45, 2.75) is 5.92 Å². The monoisotopic (exact) mass is 288 g/mol. The fourth-order valence-electron chi connectivity index (χ4n) is 2.97. The number of nitrogens with one attached hydrogen (secondary N) is 1. The molecule has 1 aliphatic rings. The van der Waals surface area contributed by atoms with Crippen LogP contribution < -0.4 is 5.32 Å². The number of fused-ring (bicyclic) bond motifs is 2. The van der Waals surface area contributed by atoms with Gasteiger partial charge in [0, 0.05) is 16.6 Å². The summed E-state index contributed by atoms with van der Waals surface area (Å²) in [6.45, 7) is 0. The first kappa shape index (κ1) is 12.7. The van der Waals surface area contributed by atoms with Gasteiger partial charge in [0.1, 0.15) is 5.92 Å². The summed E-state index contributed by atoms with van der Waals surface area (Å²) in [5.41, 5.74) is 3.58. The normalized spacial score (nSPS) is 16.4. The highest BCUT2D eigenvalue weighted by Crippen LogP contribution is 2.37. The van der Waals surface area contributed by atoms with Crippen LogP contribution in [-0.4, -0.2) is 17.2 Å². The van der Waals surface area contributed by atoms with Gasteiger partial charge in [-0.1, -0.05) is 36.4 Å². The smallest absolute Gasteiger partial charge is 0.238 e. The van der Waals surface area contributed by atoms with Crippen LogP contribution in [0, 0.1) is 0 Å². The van der Waals surface area contributed by atoms with E-state index in [-0.39, 0.29) is 5.91 Å². The number of carbonyl (C=O) groups excluding carboxylic acids is 2. The quantitative estimate of drug-likeness (QED) is 0.737. The number of anilines is 1. The molecule has 22 heavy (non-hydrogen) atoms. The summed E-state index contributed by atoms with van der Waals surface area (Å²) >= 11 is 0. The van der Waals surface area contributed by atoms with Crippen LogP contribution in [0.25, 0.3) is 10.9 Å². The number of hydrogen-bond donors (Lipinski definition) is 1. The van der Waals surface area contributed by atoms with Crippen LogP contribution >= 0.6 is 0 Å². The first-order chi connectivity index (χ1) is 10.8. The van der Waals surface area contributed by atoms with Crippen molar-refractivity contribution in [2.75, 3.05) is 5.32 Å². The summed E-state index contributed by atoms with van der Waals surface area (Å²) in [6.07, 6.45) is 0.812. The molecule has 1 aromatic heterocycles. The molecule has 106 valence electrons. The number of para-hydroxylation sites is 2. The Morgan fingerprint density at radius 2 is 1.82 bits per heavy atom. The molecule has 0 radical (unpaired) electrons. The first-order valence-electron chi connectivity index (χ1n) is 7.02. The van der Waals surface area contributed by atoms with Crippen molar-refractivity contribution >= 4 is 28.8 Å². The predicted octanol–water partition coefficient (Wildman–Crippen LogP) is 3.13. The van der Waals surface area contributed by atoms with E-state index >= 15 is 0 Å². The molecule has 2 heterocycles. The number of amides is 1. The average Bonchev–Trinajstić information content (AvgIpc) is 2.89.